The third kappa shape index (κ3) is 10.6. The lowest BCUT2D eigenvalue weighted by Gasteiger charge is -2.24. The zero-order chi connectivity index (χ0) is 34.6. The quantitative estimate of drug-likeness (QED) is 0.107. The summed E-state index contributed by atoms with van der Waals surface area (Å²) in [5.41, 5.74) is 4.41. The highest BCUT2D eigenvalue weighted by Gasteiger charge is 2.26. The molecule has 1 heterocycles. The average molecular weight is 663 g/mol. The van der Waals surface area contributed by atoms with Crippen LogP contribution in [0.1, 0.15) is 69.6 Å². The second-order valence-corrected chi connectivity index (χ2v) is 13.2. The van der Waals surface area contributed by atoms with Gasteiger partial charge in [0.2, 0.25) is 0 Å². The van der Waals surface area contributed by atoms with Crippen LogP contribution >= 0.6 is 0 Å². The van der Waals surface area contributed by atoms with Crippen LogP contribution in [-0.2, 0) is 24.3 Å². The van der Waals surface area contributed by atoms with Crippen LogP contribution in [0.5, 0.6) is 11.5 Å². The molecule has 0 aliphatic rings. The SMILES string of the molecule is CCN(CC)CCCOc1ccc2nc(C(Cc3ccc(OCc4ccccc4)cc3)NC(=O)OC(C)(C)C)n(Cc3ccccc3)c2c1. The fraction of sp³-hybridized carbons (Fsp3) is 0.366. The summed E-state index contributed by atoms with van der Waals surface area (Å²) in [6.45, 7) is 14.8. The van der Waals surface area contributed by atoms with Crippen molar-refractivity contribution < 1.29 is 19.0 Å². The average Bonchev–Trinajstić information content (AvgIpc) is 3.45. The van der Waals surface area contributed by atoms with E-state index < -0.39 is 17.7 Å². The van der Waals surface area contributed by atoms with Crippen molar-refractivity contribution in [2.75, 3.05) is 26.2 Å². The topological polar surface area (TPSA) is 77.8 Å². The summed E-state index contributed by atoms with van der Waals surface area (Å²) in [6.07, 6.45) is 0.966. The Bertz CT molecular complexity index is 1740. The smallest absolute Gasteiger partial charge is 0.408 e. The molecule has 1 atom stereocenters. The predicted octanol–water partition coefficient (Wildman–Crippen LogP) is 8.58. The molecule has 5 rings (SSSR count). The molecule has 0 aliphatic heterocycles. The maximum absolute atomic E-state index is 13.3. The first kappa shape index (κ1) is 35.5. The van der Waals surface area contributed by atoms with Gasteiger partial charge in [-0.25, -0.2) is 9.78 Å². The molecule has 1 aromatic heterocycles. The van der Waals surface area contributed by atoms with E-state index in [4.69, 9.17) is 19.2 Å². The van der Waals surface area contributed by atoms with E-state index in [1.165, 1.54) is 0 Å². The number of ether oxygens (including phenoxy) is 3. The Hall–Kier alpha value is -4.82. The van der Waals surface area contributed by atoms with Crippen molar-refractivity contribution in [3.8, 4) is 11.5 Å². The third-order valence-electron chi connectivity index (χ3n) is 8.33. The van der Waals surface area contributed by atoms with Crippen LogP contribution in [0, 0.1) is 0 Å². The molecule has 1 N–H and O–H groups in total. The first-order chi connectivity index (χ1) is 23.7. The van der Waals surface area contributed by atoms with E-state index in [1.807, 2.05) is 106 Å². The molecule has 0 radical (unpaired) electrons. The van der Waals surface area contributed by atoms with E-state index in [0.29, 0.717) is 26.2 Å². The summed E-state index contributed by atoms with van der Waals surface area (Å²) in [7, 11) is 0. The number of nitrogens with one attached hydrogen (secondary N) is 1. The molecular weight excluding hydrogens is 612 g/mol. The summed E-state index contributed by atoms with van der Waals surface area (Å²) in [6, 6.07) is 34.0. The van der Waals surface area contributed by atoms with E-state index in [1.54, 1.807) is 0 Å². The Morgan fingerprint density at radius 2 is 1.47 bits per heavy atom. The molecule has 49 heavy (non-hydrogen) atoms. The van der Waals surface area contributed by atoms with Gasteiger partial charge in [0.1, 0.15) is 29.5 Å². The zero-order valence-corrected chi connectivity index (χ0v) is 29.5. The van der Waals surface area contributed by atoms with Gasteiger partial charge in [0.05, 0.1) is 23.7 Å². The van der Waals surface area contributed by atoms with Gasteiger partial charge in [0.15, 0.2) is 0 Å². The standard InChI is InChI=1S/C41H50N4O4/c1-6-44(7-2)25-14-26-47-35-23-24-36-38(28-35)45(29-32-15-10-8-11-16-32)39(42-36)37(43-40(46)49-41(3,4)5)27-31-19-21-34(22-20-31)48-30-33-17-12-9-13-18-33/h8-13,15-24,28,37H,6-7,14,25-27,29-30H2,1-5H3,(H,43,46). The van der Waals surface area contributed by atoms with Crippen molar-refractivity contribution in [1.82, 2.24) is 19.8 Å². The van der Waals surface area contributed by atoms with Crippen LogP contribution in [0.3, 0.4) is 0 Å². The molecule has 8 nitrogen and oxygen atoms in total. The minimum atomic E-state index is -0.645. The molecule has 8 heteroatoms. The van der Waals surface area contributed by atoms with Crippen molar-refractivity contribution in [2.45, 2.75) is 72.3 Å². The number of alkyl carbamates (subject to hydrolysis) is 1. The normalized spacial score (nSPS) is 12.2. The van der Waals surface area contributed by atoms with Crippen LogP contribution in [0.15, 0.2) is 103 Å². The predicted molar refractivity (Wildman–Crippen MR) is 196 cm³/mol. The van der Waals surface area contributed by atoms with Gasteiger partial charge in [-0.3, -0.25) is 0 Å². The number of hydrogen-bond acceptors (Lipinski definition) is 6. The highest BCUT2D eigenvalue weighted by molar-refractivity contribution is 5.78. The van der Waals surface area contributed by atoms with E-state index in [-0.39, 0.29) is 0 Å². The molecule has 258 valence electrons. The summed E-state index contributed by atoms with van der Waals surface area (Å²) in [5, 5.41) is 3.15. The summed E-state index contributed by atoms with van der Waals surface area (Å²) < 4.78 is 20.2. The number of hydrogen-bond donors (Lipinski definition) is 1. The third-order valence-corrected chi connectivity index (χ3v) is 8.33. The van der Waals surface area contributed by atoms with E-state index in [2.05, 4.69) is 46.8 Å². The fourth-order valence-corrected chi connectivity index (χ4v) is 5.78. The number of carbonyl (C=O) groups is 1. The number of nitrogens with zero attached hydrogens (tertiary/aromatic N) is 3. The lowest BCUT2D eigenvalue weighted by Crippen LogP contribution is -2.37. The Morgan fingerprint density at radius 1 is 0.816 bits per heavy atom. The molecule has 0 aliphatic carbocycles. The summed E-state index contributed by atoms with van der Waals surface area (Å²) in [5.74, 6) is 2.33. The zero-order valence-electron chi connectivity index (χ0n) is 29.5. The first-order valence-corrected chi connectivity index (χ1v) is 17.3. The number of fused-ring (bicyclic) bond motifs is 1. The molecule has 1 amide bonds. The molecule has 0 saturated heterocycles. The van der Waals surface area contributed by atoms with Crippen LogP contribution < -0.4 is 14.8 Å². The summed E-state index contributed by atoms with van der Waals surface area (Å²) >= 11 is 0. The maximum atomic E-state index is 13.3. The monoisotopic (exact) mass is 662 g/mol. The van der Waals surface area contributed by atoms with Crippen LogP contribution in [0.4, 0.5) is 4.79 Å². The maximum Gasteiger partial charge on any atom is 0.408 e. The summed E-state index contributed by atoms with van der Waals surface area (Å²) in [4.78, 5) is 20.8. The van der Waals surface area contributed by atoms with Crippen LogP contribution in [0.25, 0.3) is 11.0 Å². The van der Waals surface area contributed by atoms with Gasteiger partial charge in [-0.15, -0.1) is 0 Å². The molecule has 0 fully saturated rings. The number of imidazole rings is 1. The van der Waals surface area contributed by atoms with Gasteiger partial charge in [-0.1, -0.05) is 86.6 Å². The second-order valence-electron chi connectivity index (χ2n) is 13.2. The Kier molecular flexibility index (Phi) is 12.3. The van der Waals surface area contributed by atoms with Crippen molar-refractivity contribution in [2.24, 2.45) is 0 Å². The number of aromatic nitrogens is 2. The van der Waals surface area contributed by atoms with Gasteiger partial charge in [-0.2, -0.15) is 0 Å². The van der Waals surface area contributed by atoms with Crippen molar-refractivity contribution >= 4 is 17.1 Å². The van der Waals surface area contributed by atoms with E-state index in [9.17, 15) is 4.79 Å². The number of rotatable bonds is 16. The first-order valence-electron chi connectivity index (χ1n) is 17.3. The van der Waals surface area contributed by atoms with E-state index in [0.717, 1.165) is 71.1 Å². The van der Waals surface area contributed by atoms with Crippen molar-refractivity contribution in [3.05, 3.63) is 126 Å². The Morgan fingerprint density at radius 3 is 2.12 bits per heavy atom. The number of benzene rings is 4. The minimum absolute atomic E-state index is 0.472. The number of carbonyl (C=O) groups excluding carboxylic acids is 1. The minimum Gasteiger partial charge on any atom is -0.493 e. The molecule has 4 aromatic carbocycles. The fourth-order valence-electron chi connectivity index (χ4n) is 5.78. The molecule has 5 aromatic rings. The van der Waals surface area contributed by atoms with Gasteiger partial charge in [0, 0.05) is 25.6 Å². The Balaban J connectivity index is 1.44. The molecule has 0 spiro atoms. The van der Waals surface area contributed by atoms with E-state index >= 15 is 0 Å². The van der Waals surface area contributed by atoms with Gasteiger partial charge >= 0.3 is 6.09 Å². The Labute approximate surface area is 291 Å². The van der Waals surface area contributed by atoms with Gasteiger partial charge in [-0.05, 0) is 81.2 Å². The lowest BCUT2D eigenvalue weighted by atomic mass is 10.0. The second kappa shape index (κ2) is 17.0. The molecule has 1 unspecified atom stereocenters. The molecular formula is C41H50N4O4. The number of amides is 1. The largest absolute Gasteiger partial charge is 0.493 e. The van der Waals surface area contributed by atoms with Gasteiger partial charge in [0.25, 0.3) is 0 Å². The highest BCUT2D eigenvalue weighted by Crippen LogP contribution is 2.29. The van der Waals surface area contributed by atoms with Crippen molar-refractivity contribution in [1.29, 1.82) is 0 Å². The van der Waals surface area contributed by atoms with Gasteiger partial charge < -0.3 is 29.0 Å². The lowest BCUT2D eigenvalue weighted by molar-refractivity contribution is 0.0500. The van der Waals surface area contributed by atoms with Crippen molar-refractivity contribution in [3.63, 3.8) is 0 Å². The van der Waals surface area contributed by atoms with Crippen LogP contribution in [0.2, 0.25) is 0 Å². The molecule has 0 bridgehead atoms. The van der Waals surface area contributed by atoms with Crippen LogP contribution in [-0.4, -0.2) is 52.4 Å². The highest BCUT2D eigenvalue weighted by atomic mass is 16.6. The molecule has 0 saturated carbocycles.